The van der Waals surface area contributed by atoms with E-state index < -0.39 is 5.91 Å². The van der Waals surface area contributed by atoms with Crippen LogP contribution in [0.25, 0.3) is 10.9 Å². The minimum Gasteiger partial charge on any atom is -0.358 e. The van der Waals surface area contributed by atoms with Crippen LogP contribution in [0.4, 0.5) is 11.4 Å². The van der Waals surface area contributed by atoms with Gasteiger partial charge in [-0.25, -0.2) is 0 Å². The molecule has 5 nitrogen and oxygen atoms in total. The molecule has 1 heterocycles. The van der Waals surface area contributed by atoms with Gasteiger partial charge in [0.15, 0.2) is 0 Å². The summed E-state index contributed by atoms with van der Waals surface area (Å²) in [7, 11) is 0. The lowest BCUT2D eigenvalue weighted by Gasteiger charge is -2.07. The molecule has 0 atom stereocenters. The Balaban J connectivity index is 1.80. The zero-order chi connectivity index (χ0) is 18.5. The van der Waals surface area contributed by atoms with Gasteiger partial charge in [-0.15, -0.1) is 0 Å². The molecule has 26 heavy (non-hydrogen) atoms. The fraction of sp³-hybridized carbons (Fsp3) is 0. The first-order valence-electron chi connectivity index (χ1n) is 7.55. The van der Waals surface area contributed by atoms with E-state index in [0.717, 1.165) is 10.9 Å². The fourth-order valence-electron chi connectivity index (χ4n) is 2.29. The van der Waals surface area contributed by atoms with Crippen LogP contribution in [-0.2, 0) is 4.79 Å². The average molecular weight is 383 g/mol. The SMILES string of the molecule is N#C/C(=C/Nc1cccc2cccnc12)C(=O)Nc1ccc(Cl)c(Cl)c1. The van der Waals surface area contributed by atoms with Crippen molar-refractivity contribution in [3.05, 3.63) is 76.5 Å². The Hall–Kier alpha value is -3.07. The number of nitrogens with one attached hydrogen (secondary N) is 2. The lowest BCUT2D eigenvalue weighted by molar-refractivity contribution is -0.112. The van der Waals surface area contributed by atoms with Gasteiger partial charge < -0.3 is 10.6 Å². The highest BCUT2D eigenvalue weighted by Gasteiger charge is 2.11. The monoisotopic (exact) mass is 382 g/mol. The summed E-state index contributed by atoms with van der Waals surface area (Å²) >= 11 is 11.8. The predicted octanol–water partition coefficient (Wildman–Crippen LogP) is 5.00. The molecule has 0 unspecified atom stereocenters. The second kappa shape index (κ2) is 7.87. The maximum absolute atomic E-state index is 12.3. The van der Waals surface area contributed by atoms with Crippen molar-refractivity contribution < 1.29 is 4.79 Å². The minimum absolute atomic E-state index is 0.0935. The number of nitriles is 1. The number of para-hydroxylation sites is 1. The molecular weight excluding hydrogens is 371 g/mol. The minimum atomic E-state index is -0.563. The number of rotatable bonds is 4. The average Bonchev–Trinajstić information content (AvgIpc) is 2.65. The van der Waals surface area contributed by atoms with Crippen LogP contribution in [0.5, 0.6) is 0 Å². The van der Waals surface area contributed by atoms with E-state index in [1.165, 1.54) is 12.3 Å². The number of fused-ring (bicyclic) bond motifs is 1. The van der Waals surface area contributed by atoms with Crippen molar-refractivity contribution in [1.82, 2.24) is 4.98 Å². The Bertz CT molecular complexity index is 1050. The summed E-state index contributed by atoms with van der Waals surface area (Å²) in [5.41, 5.74) is 1.79. The van der Waals surface area contributed by atoms with Gasteiger partial charge in [0.05, 0.1) is 21.2 Å². The van der Waals surface area contributed by atoms with Crippen LogP contribution in [0.2, 0.25) is 10.0 Å². The number of halogens is 2. The number of aromatic nitrogens is 1. The smallest absolute Gasteiger partial charge is 0.267 e. The van der Waals surface area contributed by atoms with Gasteiger partial charge in [0, 0.05) is 23.5 Å². The van der Waals surface area contributed by atoms with Crippen LogP contribution in [0.1, 0.15) is 0 Å². The van der Waals surface area contributed by atoms with Crippen molar-refractivity contribution in [1.29, 1.82) is 5.26 Å². The molecule has 0 aliphatic carbocycles. The van der Waals surface area contributed by atoms with Gasteiger partial charge in [-0.1, -0.05) is 41.4 Å². The third-order valence-electron chi connectivity index (χ3n) is 3.55. The molecule has 2 N–H and O–H groups in total. The van der Waals surface area contributed by atoms with E-state index in [4.69, 9.17) is 23.2 Å². The van der Waals surface area contributed by atoms with Crippen LogP contribution < -0.4 is 10.6 Å². The van der Waals surface area contributed by atoms with E-state index in [1.807, 2.05) is 36.4 Å². The maximum atomic E-state index is 12.3. The van der Waals surface area contributed by atoms with Gasteiger partial charge in [-0.05, 0) is 30.3 Å². The molecule has 0 radical (unpaired) electrons. The first-order chi connectivity index (χ1) is 12.6. The van der Waals surface area contributed by atoms with Gasteiger partial charge in [0.2, 0.25) is 0 Å². The highest BCUT2D eigenvalue weighted by Crippen LogP contribution is 2.25. The molecule has 2 aromatic carbocycles. The van der Waals surface area contributed by atoms with Crippen molar-refractivity contribution in [2.45, 2.75) is 0 Å². The fourth-order valence-corrected chi connectivity index (χ4v) is 2.59. The first kappa shape index (κ1) is 17.7. The number of amides is 1. The predicted molar refractivity (Wildman–Crippen MR) is 104 cm³/mol. The Labute approximate surface area is 159 Å². The van der Waals surface area contributed by atoms with Crippen molar-refractivity contribution in [3.63, 3.8) is 0 Å². The summed E-state index contributed by atoms with van der Waals surface area (Å²) in [6.07, 6.45) is 3.02. The van der Waals surface area contributed by atoms with Crippen molar-refractivity contribution in [2.24, 2.45) is 0 Å². The van der Waals surface area contributed by atoms with Gasteiger partial charge >= 0.3 is 0 Å². The lowest BCUT2D eigenvalue weighted by atomic mass is 10.2. The third kappa shape index (κ3) is 3.94. The van der Waals surface area contributed by atoms with Gasteiger partial charge in [0.25, 0.3) is 5.91 Å². The second-order valence-electron chi connectivity index (χ2n) is 5.28. The zero-order valence-electron chi connectivity index (χ0n) is 13.3. The standard InChI is InChI=1S/C19H12Cl2N4O/c20-15-7-6-14(9-16(15)21)25-19(26)13(10-22)11-24-17-5-1-3-12-4-2-8-23-18(12)17/h1-9,11,24H,(H,25,26)/b13-11-. The molecule has 1 amide bonds. The Morgan fingerprint density at radius 1 is 1.12 bits per heavy atom. The normalized spacial score (nSPS) is 11.0. The molecule has 0 aliphatic heterocycles. The van der Waals surface area contributed by atoms with Crippen LogP contribution in [0.15, 0.2) is 66.5 Å². The van der Waals surface area contributed by atoms with Crippen molar-refractivity contribution in [3.8, 4) is 6.07 Å². The van der Waals surface area contributed by atoms with Crippen LogP contribution in [0, 0.1) is 11.3 Å². The van der Waals surface area contributed by atoms with Crippen LogP contribution in [-0.4, -0.2) is 10.9 Å². The van der Waals surface area contributed by atoms with E-state index in [0.29, 0.717) is 21.4 Å². The molecule has 7 heteroatoms. The largest absolute Gasteiger partial charge is 0.358 e. The first-order valence-corrected chi connectivity index (χ1v) is 8.31. The maximum Gasteiger partial charge on any atom is 0.267 e. The Morgan fingerprint density at radius 3 is 2.69 bits per heavy atom. The molecule has 3 rings (SSSR count). The van der Waals surface area contributed by atoms with Gasteiger partial charge in [0.1, 0.15) is 11.6 Å². The number of pyridine rings is 1. The highest BCUT2D eigenvalue weighted by molar-refractivity contribution is 6.42. The molecular formula is C19H12Cl2N4O. The van der Waals surface area contributed by atoms with Crippen LogP contribution >= 0.6 is 23.2 Å². The summed E-state index contributed by atoms with van der Waals surface area (Å²) in [6, 6.07) is 15.9. The molecule has 0 aliphatic rings. The molecule has 0 saturated heterocycles. The number of nitrogens with zero attached hydrogens (tertiary/aromatic N) is 2. The quantitative estimate of drug-likeness (QED) is 0.491. The van der Waals surface area contributed by atoms with E-state index in [-0.39, 0.29) is 5.57 Å². The molecule has 128 valence electrons. The summed E-state index contributed by atoms with van der Waals surface area (Å²) < 4.78 is 0. The summed E-state index contributed by atoms with van der Waals surface area (Å²) in [6.45, 7) is 0. The van der Waals surface area contributed by atoms with Crippen molar-refractivity contribution in [2.75, 3.05) is 10.6 Å². The molecule has 0 bridgehead atoms. The molecule has 3 aromatic rings. The summed E-state index contributed by atoms with van der Waals surface area (Å²) in [4.78, 5) is 16.6. The number of anilines is 2. The number of hydrogen-bond donors (Lipinski definition) is 2. The molecule has 0 spiro atoms. The number of benzene rings is 2. The highest BCUT2D eigenvalue weighted by atomic mass is 35.5. The number of carbonyl (C=O) groups is 1. The van der Waals surface area contributed by atoms with E-state index in [1.54, 1.807) is 18.3 Å². The van der Waals surface area contributed by atoms with Crippen LogP contribution in [0.3, 0.4) is 0 Å². The zero-order valence-corrected chi connectivity index (χ0v) is 14.8. The lowest BCUT2D eigenvalue weighted by Crippen LogP contribution is -2.14. The summed E-state index contributed by atoms with van der Waals surface area (Å²) in [5, 5.41) is 16.5. The van der Waals surface area contributed by atoms with E-state index in [2.05, 4.69) is 15.6 Å². The molecule has 0 fully saturated rings. The van der Waals surface area contributed by atoms with Gasteiger partial charge in [-0.2, -0.15) is 5.26 Å². The molecule has 1 aromatic heterocycles. The number of hydrogen-bond acceptors (Lipinski definition) is 4. The topological polar surface area (TPSA) is 77.8 Å². The van der Waals surface area contributed by atoms with E-state index in [9.17, 15) is 10.1 Å². The van der Waals surface area contributed by atoms with E-state index >= 15 is 0 Å². The Kier molecular flexibility index (Phi) is 5.37. The van der Waals surface area contributed by atoms with Crippen molar-refractivity contribution >= 4 is 51.4 Å². The second-order valence-corrected chi connectivity index (χ2v) is 6.09. The van der Waals surface area contributed by atoms with Gasteiger partial charge in [-0.3, -0.25) is 9.78 Å². The number of carbonyl (C=O) groups excluding carboxylic acids is 1. The summed E-state index contributed by atoms with van der Waals surface area (Å²) in [5.74, 6) is -0.563. The molecule has 0 saturated carbocycles. The third-order valence-corrected chi connectivity index (χ3v) is 4.29. The Morgan fingerprint density at radius 2 is 1.92 bits per heavy atom.